The number of para-hydroxylation sites is 1. The van der Waals surface area contributed by atoms with Crippen LogP contribution in [-0.2, 0) is 11.2 Å². The topological polar surface area (TPSA) is 33.5 Å². The molecule has 3 rings (SSSR count). The minimum absolute atomic E-state index is 0.00125. The highest BCUT2D eigenvalue weighted by atomic mass is 35.5. The van der Waals surface area contributed by atoms with E-state index in [2.05, 4.69) is 36.6 Å². The highest BCUT2D eigenvalue weighted by Gasteiger charge is 2.27. The van der Waals surface area contributed by atoms with E-state index in [9.17, 15) is 4.79 Å². The van der Waals surface area contributed by atoms with Gasteiger partial charge in [0.25, 0.3) is 5.91 Å². The number of hydrogen-bond donors (Lipinski definition) is 2. The predicted octanol–water partition coefficient (Wildman–Crippen LogP) is 2.87. The van der Waals surface area contributed by atoms with Crippen molar-refractivity contribution in [2.45, 2.75) is 25.3 Å². The lowest BCUT2D eigenvalue weighted by atomic mass is 9.87. The summed E-state index contributed by atoms with van der Waals surface area (Å²) >= 11 is 6.10. The van der Waals surface area contributed by atoms with E-state index in [-0.39, 0.29) is 5.91 Å². The van der Waals surface area contributed by atoms with Crippen molar-refractivity contribution < 1.29 is 9.69 Å². The van der Waals surface area contributed by atoms with Crippen molar-refractivity contribution in [3.05, 3.63) is 64.7 Å². The van der Waals surface area contributed by atoms with Gasteiger partial charge in [-0.05, 0) is 30.5 Å². The fourth-order valence-electron chi connectivity index (χ4n) is 3.40. The van der Waals surface area contributed by atoms with E-state index in [4.69, 9.17) is 11.6 Å². The maximum absolute atomic E-state index is 12.3. The molecule has 0 aromatic heterocycles. The zero-order valence-corrected chi connectivity index (χ0v) is 14.1. The first kappa shape index (κ1) is 16.0. The number of nitrogens with one attached hydrogen (secondary N) is 2. The third-order valence-corrected chi connectivity index (χ3v) is 4.88. The Balaban J connectivity index is 1.67. The number of benzene rings is 2. The molecule has 2 aromatic rings. The van der Waals surface area contributed by atoms with Gasteiger partial charge < -0.3 is 10.2 Å². The third kappa shape index (κ3) is 3.74. The van der Waals surface area contributed by atoms with Gasteiger partial charge in [0.2, 0.25) is 0 Å². The van der Waals surface area contributed by atoms with Gasteiger partial charge in [-0.3, -0.25) is 4.79 Å². The van der Waals surface area contributed by atoms with Gasteiger partial charge in [0.15, 0.2) is 6.54 Å². The highest BCUT2D eigenvalue weighted by Crippen LogP contribution is 2.27. The minimum Gasteiger partial charge on any atom is -0.323 e. The molecule has 0 heterocycles. The second kappa shape index (κ2) is 7.16. The van der Waals surface area contributed by atoms with Crippen LogP contribution in [-0.4, -0.2) is 19.5 Å². The van der Waals surface area contributed by atoms with Crippen molar-refractivity contribution in [3.63, 3.8) is 0 Å². The zero-order valence-electron chi connectivity index (χ0n) is 13.3. The summed E-state index contributed by atoms with van der Waals surface area (Å²) in [7, 11) is 2.10. The monoisotopic (exact) mass is 329 g/mol. The molecule has 1 amide bonds. The molecule has 2 aromatic carbocycles. The molecule has 2 N–H and O–H groups in total. The number of hydrogen-bond acceptors (Lipinski definition) is 1. The number of carbonyl (C=O) groups excluding carboxylic acids is 1. The third-order valence-electron chi connectivity index (χ3n) is 4.55. The number of aryl methyl sites for hydroxylation is 1. The molecular formula is C19H22ClN2O+. The molecular weight excluding hydrogens is 308 g/mol. The van der Waals surface area contributed by atoms with Crippen molar-refractivity contribution >= 4 is 23.2 Å². The lowest BCUT2D eigenvalue weighted by Crippen LogP contribution is -3.10. The maximum Gasteiger partial charge on any atom is 0.279 e. The molecule has 1 aliphatic carbocycles. The Kier molecular flexibility index (Phi) is 4.99. The summed E-state index contributed by atoms with van der Waals surface area (Å²) in [6, 6.07) is 16.3. The molecule has 0 radical (unpaired) electrons. The standard InChI is InChI=1S/C19H21ClN2O/c1-22(13-19(23)21-17-11-5-4-10-16(17)20)18-12-6-8-14-7-2-3-9-15(14)18/h2-5,7,9-11,18H,6,8,12-13H2,1H3,(H,21,23)/p+1/t18-/m0/s1. The molecule has 3 nitrogen and oxygen atoms in total. The van der Waals surface area contributed by atoms with Gasteiger partial charge in [-0.2, -0.15) is 0 Å². The second-order valence-electron chi connectivity index (χ2n) is 6.19. The van der Waals surface area contributed by atoms with Gasteiger partial charge in [-0.25, -0.2) is 0 Å². The second-order valence-corrected chi connectivity index (χ2v) is 6.60. The van der Waals surface area contributed by atoms with E-state index >= 15 is 0 Å². The quantitative estimate of drug-likeness (QED) is 0.888. The van der Waals surface area contributed by atoms with Crippen LogP contribution in [0.25, 0.3) is 0 Å². The molecule has 1 aliphatic rings. The molecule has 120 valence electrons. The Hall–Kier alpha value is -1.84. The summed E-state index contributed by atoms with van der Waals surface area (Å²) in [4.78, 5) is 13.6. The van der Waals surface area contributed by atoms with Crippen LogP contribution in [0.2, 0.25) is 5.02 Å². The number of quaternary nitrogens is 1. The number of anilines is 1. The van der Waals surface area contributed by atoms with Gasteiger partial charge >= 0.3 is 0 Å². The maximum atomic E-state index is 12.3. The largest absolute Gasteiger partial charge is 0.323 e. The van der Waals surface area contributed by atoms with Crippen molar-refractivity contribution in [1.82, 2.24) is 0 Å². The SMILES string of the molecule is C[NH+](CC(=O)Nc1ccccc1Cl)[C@H]1CCCc2ccccc21. The van der Waals surface area contributed by atoms with Gasteiger partial charge in [-0.1, -0.05) is 48.0 Å². The summed E-state index contributed by atoms with van der Waals surface area (Å²) < 4.78 is 0. The average Bonchev–Trinajstić information content (AvgIpc) is 2.56. The molecule has 0 fully saturated rings. The smallest absolute Gasteiger partial charge is 0.279 e. The van der Waals surface area contributed by atoms with Crippen LogP contribution < -0.4 is 10.2 Å². The molecule has 2 atom stereocenters. The van der Waals surface area contributed by atoms with Crippen LogP contribution in [0.3, 0.4) is 0 Å². The van der Waals surface area contributed by atoms with Crippen LogP contribution in [0.5, 0.6) is 0 Å². The highest BCUT2D eigenvalue weighted by molar-refractivity contribution is 6.33. The summed E-state index contributed by atoms with van der Waals surface area (Å²) in [5, 5.41) is 3.48. The van der Waals surface area contributed by atoms with E-state index in [1.54, 1.807) is 6.07 Å². The number of likely N-dealkylation sites (N-methyl/N-ethyl adjacent to an activating group) is 1. The molecule has 1 unspecified atom stereocenters. The molecule has 0 saturated carbocycles. The summed E-state index contributed by atoms with van der Waals surface area (Å²) in [5.74, 6) is -0.00125. The normalized spacial score (nSPS) is 18.1. The van der Waals surface area contributed by atoms with E-state index in [0.717, 1.165) is 12.8 Å². The number of amides is 1. The van der Waals surface area contributed by atoms with Gasteiger partial charge in [-0.15, -0.1) is 0 Å². The molecule has 23 heavy (non-hydrogen) atoms. The fourth-order valence-corrected chi connectivity index (χ4v) is 3.58. The lowest BCUT2D eigenvalue weighted by molar-refractivity contribution is -0.905. The first-order chi connectivity index (χ1) is 11.1. The molecule has 0 bridgehead atoms. The first-order valence-electron chi connectivity index (χ1n) is 8.09. The molecule has 0 spiro atoms. The number of fused-ring (bicyclic) bond motifs is 1. The van der Waals surface area contributed by atoms with Crippen molar-refractivity contribution in [2.75, 3.05) is 18.9 Å². The van der Waals surface area contributed by atoms with E-state index in [1.165, 1.54) is 22.4 Å². The van der Waals surface area contributed by atoms with Crippen molar-refractivity contribution in [1.29, 1.82) is 0 Å². The summed E-state index contributed by atoms with van der Waals surface area (Å²) in [6.45, 7) is 0.435. The van der Waals surface area contributed by atoms with Crippen LogP contribution >= 0.6 is 11.6 Å². The van der Waals surface area contributed by atoms with E-state index < -0.39 is 0 Å². The van der Waals surface area contributed by atoms with Gasteiger partial charge in [0, 0.05) is 12.0 Å². The van der Waals surface area contributed by atoms with E-state index in [0.29, 0.717) is 23.3 Å². The number of carbonyl (C=O) groups is 1. The molecule has 0 aliphatic heterocycles. The van der Waals surface area contributed by atoms with Crippen LogP contribution in [0, 0.1) is 0 Å². The zero-order chi connectivity index (χ0) is 16.2. The Morgan fingerprint density at radius 2 is 1.96 bits per heavy atom. The van der Waals surface area contributed by atoms with Gasteiger partial charge in [0.05, 0.1) is 17.8 Å². The summed E-state index contributed by atoms with van der Waals surface area (Å²) in [5.41, 5.74) is 3.49. The predicted molar refractivity (Wildman–Crippen MR) is 94.0 cm³/mol. The number of halogens is 1. The lowest BCUT2D eigenvalue weighted by Gasteiger charge is -2.30. The average molecular weight is 330 g/mol. The van der Waals surface area contributed by atoms with Crippen LogP contribution in [0.15, 0.2) is 48.5 Å². The Labute approximate surface area is 142 Å². The molecule has 4 heteroatoms. The van der Waals surface area contributed by atoms with Crippen molar-refractivity contribution in [3.8, 4) is 0 Å². The van der Waals surface area contributed by atoms with E-state index in [1.807, 2.05) is 18.2 Å². The summed E-state index contributed by atoms with van der Waals surface area (Å²) in [6.07, 6.45) is 3.46. The van der Waals surface area contributed by atoms with Gasteiger partial charge in [0.1, 0.15) is 6.04 Å². The van der Waals surface area contributed by atoms with Crippen LogP contribution in [0.1, 0.15) is 30.0 Å². The Bertz CT molecular complexity index is 701. The van der Waals surface area contributed by atoms with Crippen molar-refractivity contribution in [2.24, 2.45) is 0 Å². The first-order valence-corrected chi connectivity index (χ1v) is 8.47. The number of rotatable bonds is 4. The fraction of sp³-hybridized carbons (Fsp3) is 0.316. The minimum atomic E-state index is -0.00125. The Morgan fingerprint density at radius 3 is 2.78 bits per heavy atom. The van der Waals surface area contributed by atoms with Crippen LogP contribution in [0.4, 0.5) is 5.69 Å². The molecule has 0 saturated heterocycles. The Morgan fingerprint density at radius 1 is 1.22 bits per heavy atom.